The molecule has 2 atom stereocenters. The molecule has 0 saturated heterocycles. The maximum Gasteiger partial charge on any atom is 0.343 e. The number of esters is 1. The second kappa shape index (κ2) is 12.2. The Morgan fingerprint density at radius 3 is 2.56 bits per heavy atom. The van der Waals surface area contributed by atoms with Crippen LogP contribution in [0.3, 0.4) is 0 Å². The first-order valence-corrected chi connectivity index (χ1v) is 14.3. The Bertz CT molecular complexity index is 1570. The van der Waals surface area contributed by atoms with Gasteiger partial charge >= 0.3 is 5.97 Å². The smallest absolute Gasteiger partial charge is 0.343 e. The fourth-order valence-electron chi connectivity index (χ4n) is 6.05. The number of aryl methyl sites for hydroxylation is 1. The molecule has 0 spiro atoms. The number of cyclic esters (lactones) is 1. The van der Waals surface area contributed by atoms with Gasteiger partial charge in [-0.2, -0.15) is 0 Å². The van der Waals surface area contributed by atoms with E-state index in [1.54, 1.807) is 24.5 Å². The number of hydrogen-bond acceptors (Lipinski definition) is 8. The van der Waals surface area contributed by atoms with Gasteiger partial charge in [0, 0.05) is 28.6 Å². The number of hydrogen-bond donors (Lipinski definition) is 3. The Morgan fingerprint density at radius 2 is 1.95 bits per heavy atom. The second-order valence-corrected chi connectivity index (χ2v) is 10.2. The molecule has 3 aromatic rings. The Morgan fingerprint density at radius 1 is 1.22 bits per heavy atom. The molecule has 2 unspecified atom stereocenters. The molecule has 220 valence electrons. The number of nitrogens with one attached hydrogen (secondary N) is 2. The lowest BCUT2D eigenvalue weighted by molar-refractivity contribution is -0.172. The van der Waals surface area contributed by atoms with E-state index in [1.165, 1.54) is 6.07 Å². The van der Waals surface area contributed by atoms with Crippen molar-refractivity contribution in [3.63, 3.8) is 0 Å². The molecule has 0 amide bonds. The number of rotatable bonds is 5. The van der Waals surface area contributed by atoms with Gasteiger partial charge in [-0.1, -0.05) is 27.7 Å². The summed E-state index contributed by atoms with van der Waals surface area (Å²) in [5.74, 6) is -1.04. The predicted molar refractivity (Wildman–Crippen MR) is 155 cm³/mol. The zero-order chi connectivity index (χ0) is 30.1. The minimum absolute atomic E-state index is 0.0544. The van der Waals surface area contributed by atoms with Crippen molar-refractivity contribution < 1.29 is 23.8 Å². The number of nitrogens with zero attached hydrogens (tertiary/aromatic N) is 2. The number of halogens is 1. The molecule has 4 heterocycles. The molecule has 1 aliphatic carbocycles. The van der Waals surface area contributed by atoms with E-state index in [2.05, 4.69) is 10.6 Å². The standard InChI is InChI=1S/C25H24FN3O4.C4H9NO.C2H6/c1-4-25(32)15-7-19-22-13(9-29(19)23(30)14(15)10-33-24(25)31)21-17(27-3)6-5-12-11(2)16(26)8-18(28-22)20(12)21;1-2-5-3-4-6;1-2/h7-8,17,27,32H,4-6,9-10H2,1-3H3;4-5H,2-3H2,1H3;1-2H3. The van der Waals surface area contributed by atoms with Crippen LogP contribution in [0.2, 0.25) is 0 Å². The van der Waals surface area contributed by atoms with Crippen molar-refractivity contribution in [3.05, 3.63) is 61.7 Å². The van der Waals surface area contributed by atoms with Crippen molar-refractivity contribution in [1.82, 2.24) is 20.2 Å². The van der Waals surface area contributed by atoms with Gasteiger partial charge in [0.25, 0.3) is 5.56 Å². The van der Waals surface area contributed by atoms with Gasteiger partial charge in [0.1, 0.15) is 18.7 Å². The van der Waals surface area contributed by atoms with Crippen molar-refractivity contribution in [2.75, 3.05) is 20.1 Å². The average molecular weight is 567 g/mol. The molecule has 0 saturated carbocycles. The van der Waals surface area contributed by atoms with E-state index in [9.17, 15) is 23.9 Å². The third-order valence-corrected chi connectivity index (χ3v) is 8.20. The maximum absolute atomic E-state index is 14.8. The summed E-state index contributed by atoms with van der Waals surface area (Å²) in [5.41, 5.74) is 3.71. The second-order valence-electron chi connectivity index (χ2n) is 10.2. The van der Waals surface area contributed by atoms with Gasteiger partial charge in [0.05, 0.1) is 35.6 Å². The largest absolute Gasteiger partial charge is 0.458 e. The van der Waals surface area contributed by atoms with Crippen molar-refractivity contribution >= 4 is 23.2 Å². The molecule has 0 radical (unpaired) electrons. The summed E-state index contributed by atoms with van der Waals surface area (Å²) in [6.45, 7) is 11.0. The number of pyridine rings is 2. The summed E-state index contributed by atoms with van der Waals surface area (Å²) in [6.07, 6.45) is 2.51. The van der Waals surface area contributed by atoms with E-state index >= 15 is 0 Å². The van der Waals surface area contributed by atoms with Crippen LogP contribution in [-0.4, -0.2) is 47.1 Å². The molecule has 6 rings (SSSR count). The molecule has 3 aliphatic rings. The van der Waals surface area contributed by atoms with Crippen molar-refractivity contribution in [2.24, 2.45) is 0 Å². The highest BCUT2D eigenvalue weighted by molar-refractivity contribution is 5.93. The van der Waals surface area contributed by atoms with Crippen LogP contribution in [0, 0.1) is 12.7 Å². The summed E-state index contributed by atoms with van der Waals surface area (Å²) in [6, 6.07) is 3.22. The topological polar surface area (TPSA) is 123 Å². The Kier molecular flexibility index (Phi) is 9.06. The van der Waals surface area contributed by atoms with Crippen LogP contribution in [0.4, 0.5) is 4.39 Å². The monoisotopic (exact) mass is 566 g/mol. The van der Waals surface area contributed by atoms with Crippen LogP contribution in [-0.2, 0) is 39.5 Å². The van der Waals surface area contributed by atoms with Gasteiger partial charge in [-0.25, -0.2) is 14.2 Å². The lowest BCUT2D eigenvalue weighted by Gasteiger charge is -2.31. The Balaban J connectivity index is 0.000000433. The molecule has 0 bridgehead atoms. The van der Waals surface area contributed by atoms with E-state index < -0.39 is 11.6 Å². The fraction of sp³-hybridized carbons (Fsp3) is 0.484. The van der Waals surface area contributed by atoms with Crippen LogP contribution in [0.15, 0.2) is 16.9 Å². The van der Waals surface area contributed by atoms with E-state index in [0.717, 1.165) is 47.7 Å². The highest BCUT2D eigenvalue weighted by atomic mass is 19.1. The lowest BCUT2D eigenvalue weighted by atomic mass is 9.81. The number of carbonyl (C=O) groups excluding carboxylic acids is 2. The molecular weight excluding hydrogens is 527 g/mol. The molecule has 3 N–H and O–H groups in total. The van der Waals surface area contributed by atoms with Gasteiger partial charge in [-0.15, -0.1) is 0 Å². The van der Waals surface area contributed by atoms with Crippen molar-refractivity contribution in [3.8, 4) is 11.4 Å². The van der Waals surface area contributed by atoms with Gasteiger partial charge in [0.15, 0.2) is 5.60 Å². The molecule has 10 heteroatoms. The molecule has 0 fully saturated rings. The average Bonchev–Trinajstić information content (AvgIpc) is 3.36. The van der Waals surface area contributed by atoms with Crippen LogP contribution < -0.4 is 16.2 Å². The zero-order valence-corrected chi connectivity index (χ0v) is 24.6. The SMILES string of the molecule is CC.CCC1(O)C(=O)OCc2c1cc1n(c2=O)Cc2c-1nc1cc(F)c(C)c3c1c2C(NC)CC3.CCNCC=O. The number of carbonyl (C=O) groups is 2. The first kappa shape index (κ1) is 30.5. The molecule has 41 heavy (non-hydrogen) atoms. The number of aliphatic hydroxyl groups is 1. The molecule has 2 aliphatic heterocycles. The van der Waals surface area contributed by atoms with E-state index in [0.29, 0.717) is 41.1 Å². The molecule has 2 aromatic heterocycles. The van der Waals surface area contributed by atoms with Crippen LogP contribution in [0.1, 0.15) is 80.0 Å². The highest BCUT2D eigenvalue weighted by Crippen LogP contribution is 2.45. The fourth-order valence-corrected chi connectivity index (χ4v) is 6.05. The van der Waals surface area contributed by atoms with Crippen molar-refractivity contribution in [1.29, 1.82) is 0 Å². The number of likely N-dealkylation sites (N-methyl/N-ethyl adjacent to an activating group) is 1. The summed E-state index contributed by atoms with van der Waals surface area (Å²) in [7, 11) is 1.90. The van der Waals surface area contributed by atoms with Gasteiger partial charge in [-0.3, -0.25) is 4.79 Å². The van der Waals surface area contributed by atoms with Crippen LogP contribution in [0.5, 0.6) is 0 Å². The van der Waals surface area contributed by atoms with E-state index in [-0.39, 0.29) is 36.0 Å². The number of ether oxygens (including phenoxy) is 1. The minimum atomic E-state index is -1.87. The summed E-state index contributed by atoms with van der Waals surface area (Å²) < 4.78 is 21.5. The third kappa shape index (κ3) is 4.87. The Hall–Kier alpha value is -3.47. The molecular formula is C31H39FN4O5. The quantitative estimate of drug-likeness (QED) is 0.191. The summed E-state index contributed by atoms with van der Waals surface area (Å²) in [5, 5.41) is 18.2. The number of aldehydes is 1. The highest BCUT2D eigenvalue weighted by Gasteiger charge is 2.45. The first-order valence-electron chi connectivity index (χ1n) is 14.3. The number of benzene rings is 1. The number of fused-ring (bicyclic) bond motifs is 5. The predicted octanol–water partition coefficient (Wildman–Crippen LogP) is 3.55. The Labute approximate surface area is 239 Å². The van der Waals surface area contributed by atoms with Crippen molar-refractivity contribution in [2.45, 2.75) is 78.7 Å². The van der Waals surface area contributed by atoms with Gasteiger partial charge in [-0.05, 0) is 62.5 Å². The number of aromatic nitrogens is 2. The zero-order valence-electron chi connectivity index (χ0n) is 24.6. The summed E-state index contributed by atoms with van der Waals surface area (Å²) in [4.78, 5) is 40.2. The maximum atomic E-state index is 14.8. The molecule has 9 nitrogen and oxygen atoms in total. The third-order valence-electron chi connectivity index (χ3n) is 8.20. The molecule has 1 aromatic carbocycles. The van der Waals surface area contributed by atoms with Crippen LogP contribution >= 0.6 is 0 Å². The summed E-state index contributed by atoms with van der Waals surface area (Å²) >= 11 is 0. The van der Waals surface area contributed by atoms with E-state index in [1.807, 2.05) is 27.8 Å². The normalized spacial score (nSPS) is 19.6. The van der Waals surface area contributed by atoms with Crippen LogP contribution in [0.25, 0.3) is 22.3 Å². The first-order chi connectivity index (χ1) is 19.7. The van der Waals surface area contributed by atoms with Gasteiger partial charge in [0.2, 0.25) is 0 Å². The van der Waals surface area contributed by atoms with E-state index in [4.69, 9.17) is 9.72 Å². The minimum Gasteiger partial charge on any atom is -0.458 e. The lowest BCUT2D eigenvalue weighted by Crippen LogP contribution is -2.44. The van der Waals surface area contributed by atoms with Gasteiger partial charge < -0.3 is 29.8 Å².